The first-order valence-electron chi connectivity index (χ1n) is 8.77. The Labute approximate surface area is 155 Å². The lowest BCUT2D eigenvalue weighted by molar-refractivity contribution is -0.125. The van der Waals surface area contributed by atoms with E-state index in [0.717, 1.165) is 11.1 Å². The third kappa shape index (κ3) is 7.65. The zero-order valence-corrected chi connectivity index (χ0v) is 17.0. The molecule has 2 rings (SSSR count). The Kier molecular flexibility index (Phi) is 12.3. The number of carbonyl (C=O) groups is 1. The Morgan fingerprint density at radius 3 is 1.52 bits per heavy atom. The number of carbonyl (C=O) groups excluding carboxylic acids is 1. The molecule has 0 aliphatic carbocycles. The Morgan fingerprint density at radius 1 is 0.840 bits per heavy atom. The summed E-state index contributed by atoms with van der Waals surface area (Å²) >= 11 is 0. The number of hydrogen-bond donors (Lipinski definition) is 0. The lowest BCUT2D eigenvalue weighted by Crippen LogP contribution is -2.28. The van der Waals surface area contributed by atoms with Crippen LogP contribution in [0.3, 0.4) is 0 Å². The highest BCUT2D eigenvalue weighted by atomic mass is 32.2. The summed E-state index contributed by atoms with van der Waals surface area (Å²) in [5, 5.41) is -0.281. The third-order valence-corrected chi connectivity index (χ3v) is 4.83. The van der Waals surface area contributed by atoms with Gasteiger partial charge in [0.25, 0.3) is 0 Å². The zero-order chi connectivity index (χ0) is 19.2. The lowest BCUT2D eigenvalue weighted by atomic mass is 10.0. The Morgan fingerprint density at radius 2 is 1.20 bits per heavy atom. The fraction of sp³-hybridized carbons (Fsp3) is 0.381. The smallest absolute Gasteiger partial charge is 0.234 e. The van der Waals surface area contributed by atoms with E-state index in [1.54, 1.807) is 14.1 Å². The van der Waals surface area contributed by atoms with Crippen LogP contribution in [0.1, 0.15) is 44.1 Å². The average Bonchev–Trinajstić information content (AvgIpc) is 2.67. The van der Waals surface area contributed by atoms with Crippen LogP contribution in [0.15, 0.2) is 60.7 Å². The highest BCUT2D eigenvalue weighted by Crippen LogP contribution is 2.28. The highest BCUT2D eigenvalue weighted by molar-refractivity contribution is 7.86. The van der Waals surface area contributed by atoms with Crippen molar-refractivity contribution >= 4 is 16.7 Å². The van der Waals surface area contributed by atoms with E-state index in [1.165, 1.54) is 4.90 Å². The van der Waals surface area contributed by atoms with E-state index in [2.05, 4.69) is 0 Å². The molecule has 2 aromatic rings. The summed E-state index contributed by atoms with van der Waals surface area (Å²) in [6.45, 7) is 8.00. The van der Waals surface area contributed by atoms with Crippen LogP contribution in [0.5, 0.6) is 0 Å². The van der Waals surface area contributed by atoms with E-state index in [9.17, 15) is 9.00 Å². The molecular weight excluding hydrogens is 330 g/mol. The first-order valence-corrected chi connectivity index (χ1v) is 10.1. The van der Waals surface area contributed by atoms with Gasteiger partial charge in [0.1, 0.15) is 5.75 Å². The molecule has 0 radical (unpaired) electrons. The molecule has 0 heterocycles. The SMILES string of the molecule is CC.CC.CN(C)C(=O)CS(=O)C(c1ccccc1)c1ccccc1. The van der Waals surface area contributed by atoms with Crippen molar-refractivity contribution in [2.75, 3.05) is 19.8 Å². The minimum Gasteiger partial charge on any atom is -0.348 e. The van der Waals surface area contributed by atoms with Crippen molar-refractivity contribution in [2.24, 2.45) is 0 Å². The number of amides is 1. The molecule has 3 nitrogen and oxygen atoms in total. The van der Waals surface area contributed by atoms with E-state index in [0.29, 0.717) is 0 Å². The van der Waals surface area contributed by atoms with Gasteiger partial charge in [-0.15, -0.1) is 0 Å². The van der Waals surface area contributed by atoms with Crippen molar-refractivity contribution in [3.05, 3.63) is 71.8 Å². The van der Waals surface area contributed by atoms with Gasteiger partial charge in [-0.1, -0.05) is 88.4 Å². The number of benzene rings is 2. The van der Waals surface area contributed by atoms with Gasteiger partial charge in [-0.2, -0.15) is 0 Å². The largest absolute Gasteiger partial charge is 0.348 e. The van der Waals surface area contributed by atoms with E-state index < -0.39 is 10.8 Å². The predicted molar refractivity (Wildman–Crippen MR) is 109 cm³/mol. The molecule has 0 spiro atoms. The van der Waals surface area contributed by atoms with Crippen LogP contribution < -0.4 is 0 Å². The summed E-state index contributed by atoms with van der Waals surface area (Å²) in [4.78, 5) is 13.3. The van der Waals surface area contributed by atoms with Crippen LogP contribution >= 0.6 is 0 Å². The molecule has 1 amide bonds. The minimum absolute atomic E-state index is 0.0292. The van der Waals surface area contributed by atoms with Crippen LogP contribution in [0, 0.1) is 0 Å². The molecule has 138 valence electrons. The second-order valence-corrected chi connectivity index (χ2v) is 6.54. The summed E-state index contributed by atoms with van der Waals surface area (Å²) in [5.74, 6) is -0.0910. The van der Waals surface area contributed by atoms with E-state index >= 15 is 0 Å². The molecule has 0 saturated heterocycles. The second kappa shape index (κ2) is 13.4. The molecule has 1 atom stereocenters. The van der Waals surface area contributed by atoms with Gasteiger partial charge in [0.2, 0.25) is 5.91 Å². The molecule has 0 bridgehead atoms. The second-order valence-electron chi connectivity index (χ2n) is 5.01. The van der Waals surface area contributed by atoms with Gasteiger partial charge < -0.3 is 4.90 Å². The van der Waals surface area contributed by atoms with Crippen molar-refractivity contribution < 1.29 is 9.00 Å². The molecule has 4 heteroatoms. The Hall–Kier alpha value is -1.94. The topological polar surface area (TPSA) is 37.4 Å². The molecule has 0 aliphatic rings. The molecule has 0 aromatic heterocycles. The average molecular weight is 362 g/mol. The van der Waals surface area contributed by atoms with Crippen LogP contribution in [0.2, 0.25) is 0 Å². The summed E-state index contributed by atoms with van der Waals surface area (Å²) in [6.07, 6.45) is 0. The first-order chi connectivity index (χ1) is 12.1. The summed E-state index contributed by atoms with van der Waals surface area (Å²) < 4.78 is 12.7. The van der Waals surface area contributed by atoms with Gasteiger partial charge in [0.15, 0.2) is 0 Å². The monoisotopic (exact) mass is 361 g/mol. The van der Waals surface area contributed by atoms with Crippen molar-refractivity contribution in [2.45, 2.75) is 32.9 Å². The molecular formula is C21H31NO2S. The third-order valence-electron chi connectivity index (χ3n) is 3.23. The van der Waals surface area contributed by atoms with E-state index in [-0.39, 0.29) is 16.9 Å². The minimum atomic E-state index is -1.30. The van der Waals surface area contributed by atoms with Gasteiger partial charge in [-0.3, -0.25) is 9.00 Å². The van der Waals surface area contributed by atoms with Gasteiger partial charge in [0, 0.05) is 24.9 Å². The Balaban J connectivity index is 0.00000134. The molecule has 2 aromatic carbocycles. The molecule has 0 fully saturated rings. The van der Waals surface area contributed by atoms with Crippen molar-refractivity contribution in [3.63, 3.8) is 0 Å². The fourth-order valence-corrected chi connectivity index (χ4v) is 3.68. The fourth-order valence-electron chi connectivity index (χ4n) is 2.09. The lowest BCUT2D eigenvalue weighted by Gasteiger charge is -2.19. The van der Waals surface area contributed by atoms with Gasteiger partial charge in [-0.05, 0) is 11.1 Å². The van der Waals surface area contributed by atoms with Crippen molar-refractivity contribution in [1.82, 2.24) is 4.90 Å². The van der Waals surface area contributed by atoms with E-state index in [1.807, 2.05) is 88.4 Å². The zero-order valence-electron chi connectivity index (χ0n) is 16.2. The van der Waals surface area contributed by atoms with Gasteiger partial charge >= 0.3 is 0 Å². The standard InChI is InChI=1S/C17H19NO2S.2C2H6/c1-18(2)16(19)13-21(20)17(14-9-5-3-6-10-14)15-11-7-4-8-12-15;2*1-2/h3-12,17H,13H2,1-2H3;2*1-2H3. The number of hydrogen-bond acceptors (Lipinski definition) is 2. The normalized spacial score (nSPS) is 10.7. The molecule has 0 N–H and O–H groups in total. The highest BCUT2D eigenvalue weighted by Gasteiger charge is 2.23. The van der Waals surface area contributed by atoms with Crippen LogP contribution in [0.25, 0.3) is 0 Å². The first kappa shape index (κ1) is 23.1. The number of rotatable bonds is 5. The molecule has 25 heavy (non-hydrogen) atoms. The Bertz CT molecular complexity index is 573. The summed E-state index contributed by atoms with van der Waals surface area (Å²) in [6, 6.07) is 19.4. The summed E-state index contributed by atoms with van der Waals surface area (Å²) in [5.41, 5.74) is 1.93. The van der Waals surface area contributed by atoms with Crippen LogP contribution in [-0.2, 0) is 15.6 Å². The maximum Gasteiger partial charge on any atom is 0.234 e. The summed E-state index contributed by atoms with van der Waals surface area (Å²) in [7, 11) is 2.06. The molecule has 1 unspecified atom stereocenters. The maximum atomic E-state index is 12.7. The van der Waals surface area contributed by atoms with Crippen molar-refractivity contribution in [1.29, 1.82) is 0 Å². The number of nitrogens with zero attached hydrogens (tertiary/aromatic N) is 1. The van der Waals surface area contributed by atoms with Crippen LogP contribution in [-0.4, -0.2) is 34.9 Å². The quantitative estimate of drug-likeness (QED) is 0.776. The molecule has 0 aliphatic heterocycles. The maximum absolute atomic E-state index is 12.7. The predicted octanol–water partition coefficient (Wildman–Crippen LogP) is 4.67. The van der Waals surface area contributed by atoms with Gasteiger partial charge in [-0.25, -0.2) is 0 Å². The van der Waals surface area contributed by atoms with Crippen LogP contribution in [0.4, 0.5) is 0 Å². The van der Waals surface area contributed by atoms with E-state index in [4.69, 9.17) is 0 Å². The van der Waals surface area contributed by atoms with Crippen molar-refractivity contribution in [3.8, 4) is 0 Å². The van der Waals surface area contributed by atoms with Gasteiger partial charge in [0.05, 0.1) is 5.25 Å². The molecule has 0 saturated carbocycles.